The van der Waals surface area contributed by atoms with Crippen LogP contribution in [0.15, 0.2) is 82.8 Å². The van der Waals surface area contributed by atoms with Gasteiger partial charge in [-0.1, -0.05) is 47.1 Å². The van der Waals surface area contributed by atoms with Crippen LogP contribution >= 0.6 is 0 Å². The van der Waals surface area contributed by atoms with Crippen molar-refractivity contribution in [3.8, 4) is 5.75 Å². The molecule has 3 aromatic rings. The zero-order chi connectivity index (χ0) is 32.3. The van der Waals surface area contributed by atoms with E-state index in [1.807, 2.05) is 6.92 Å². The van der Waals surface area contributed by atoms with E-state index in [-0.39, 0.29) is 31.0 Å². The van der Waals surface area contributed by atoms with Crippen molar-refractivity contribution in [1.82, 2.24) is 5.32 Å². The molecule has 44 heavy (non-hydrogen) atoms. The number of aryl methyl sites for hydroxylation is 1. The van der Waals surface area contributed by atoms with Gasteiger partial charge in [-0.2, -0.15) is 21.6 Å². The molecule has 234 valence electrons. The molecule has 3 aromatic carbocycles. The Bertz CT molecular complexity index is 1580. The lowest BCUT2D eigenvalue weighted by atomic mass is 10.0. The van der Waals surface area contributed by atoms with E-state index in [9.17, 15) is 31.2 Å². The van der Waals surface area contributed by atoms with E-state index in [4.69, 9.17) is 19.2 Å². The fourth-order valence-electron chi connectivity index (χ4n) is 3.94. The number of ether oxygens (including phenoxy) is 2. The molecular formula is C29H29F3N4O7S. The Kier molecular flexibility index (Phi) is 11.7. The van der Waals surface area contributed by atoms with Crippen molar-refractivity contribution in [2.75, 3.05) is 20.3 Å². The van der Waals surface area contributed by atoms with Gasteiger partial charge < -0.3 is 14.8 Å². The molecule has 0 aliphatic carbocycles. The number of azide groups is 1. The van der Waals surface area contributed by atoms with Crippen LogP contribution in [0.25, 0.3) is 10.4 Å². The largest absolute Gasteiger partial charge is 0.491 e. The van der Waals surface area contributed by atoms with E-state index in [1.165, 1.54) is 24.3 Å². The Morgan fingerprint density at radius 1 is 0.932 bits per heavy atom. The monoisotopic (exact) mass is 634 g/mol. The van der Waals surface area contributed by atoms with Gasteiger partial charge in [-0.25, -0.2) is 4.79 Å². The van der Waals surface area contributed by atoms with Crippen LogP contribution in [0.5, 0.6) is 5.75 Å². The maximum Gasteiger partial charge on any atom is 0.416 e. The molecule has 0 aliphatic rings. The minimum atomic E-state index is -4.53. The Hall–Kier alpha value is -4.59. The third-order valence-electron chi connectivity index (χ3n) is 6.27. The molecule has 1 amide bonds. The van der Waals surface area contributed by atoms with Gasteiger partial charge in [-0.3, -0.25) is 8.98 Å². The van der Waals surface area contributed by atoms with Gasteiger partial charge in [0.2, 0.25) is 5.91 Å². The van der Waals surface area contributed by atoms with Crippen LogP contribution in [0.3, 0.4) is 0 Å². The number of carbonyl (C=O) groups is 2. The summed E-state index contributed by atoms with van der Waals surface area (Å²) in [5, 5.41) is 5.98. The SMILES string of the molecule is COC(=O)C(Cc1ccc(C(F)(F)F)cc1)NC(=O)C(Cc1ccc(OCCOS(=O)(=O)c2ccc(C)cc2)cc1)N=[N+]=[N-]. The Morgan fingerprint density at radius 2 is 1.52 bits per heavy atom. The molecule has 3 rings (SSSR count). The van der Waals surface area contributed by atoms with Gasteiger partial charge in [0.1, 0.15) is 31.0 Å². The number of hydrogen-bond acceptors (Lipinski definition) is 8. The van der Waals surface area contributed by atoms with Crippen LogP contribution in [-0.4, -0.2) is 52.7 Å². The van der Waals surface area contributed by atoms with Gasteiger partial charge in [0.15, 0.2) is 0 Å². The predicted octanol–water partition coefficient (Wildman–Crippen LogP) is 4.92. The van der Waals surface area contributed by atoms with E-state index >= 15 is 0 Å². The highest BCUT2D eigenvalue weighted by atomic mass is 32.2. The fraction of sp³-hybridized carbons (Fsp3) is 0.310. The Labute approximate surface area is 251 Å². The molecule has 0 spiro atoms. The minimum Gasteiger partial charge on any atom is -0.491 e. The van der Waals surface area contributed by atoms with Crippen LogP contribution in [0.4, 0.5) is 13.2 Å². The van der Waals surface area contributed by atoms with Crippen molar-refractivity contribution >= 4 is 22.0 Å². The van der Waals surface area contributed by atoms with Crippen molar-refractivity contribution < 1.29 is 44.8 Å². The maximum atomic E-state index is 13.0. The Morgan fingerprint density at radius 3 is 2.09 bits per heavy atom. The Balaban J connectivity index is 1.57. The van der Waals surface area contributed by atoms with Crippen molar-refractivity contribution in [2.24, 2.45) is 5.11 Å². The highest BCUT2D eigenvalue weighted by Crippen LogP contribution is 2.29. The van der Waals surface area contributed by atoms with Crippen LogP contribution in [0.2, 0.25) is 0 Å². The smallest absolute Gasteiger partial charge is 0.416 e. The summed E-state index contributed by atoms with van der Waals surface area (Å²) in [6.07, 6.45) is -4.75. The van der Waals surface area contributed by atoms with Gasteiger partial charge in [-0.05, 0) is 66.4 Å². The number of carbonyl (C=O) groups excluding carboxylic acids is 2. The minimum absolute atomic E-state index is 0.0311. The number of nitrogens with one attached hydrogen (secondary N) is 1. The van der Waals surface area contributed by atoms with Crippen LogP contribution < -0.4 is 10.1 Å². The first-order valence-corrected chi connectivity index (χ1v) is 14.5. The fourth-order valence-corrected chi connectivity index (χ4v) is 4.83. The maximum absolute atomic E-state index is 13.0. The normalized spacial score (nSPS) is 12.8. The molecule has 0 saturated heterocycles. The summed E-state index contributed by atoms with van der Waals surface area (Å²) in [6.45, 7) is 1.53. The number of amides is 1. The van der Waals surface area contributed by atoms with Crippen LogP contribution in [0.1, 0.15) is 22.3 Å². The molecule has 0 heterocycles. The average molecular weight is 635 g/mol. The zero-order valence-electron chi connectivity index (χ0n) is 23.7. The highest BCUT2D eigenvalue weighted by molar-refractivity contribution is 7.86. The molecule has 0 fully saturated rings. The molecule has 0 saturated carbocycles. The van der Waals surface area contributed by atoms with Crippen molar-refractivity contribution in [3.63, 3.8) is 0 Å². The summed E-state index contributed by atoms with van der Waals surface area (Å²) >= 11 is 0. The molecule has 0 bridgehead atoms. The molecule has 0 aliphatic heterocycles. The summed E-state index contributed by atoms with van der Waals surface area (Å²) in [5.74, 6) is -1.25. The van der Waals surface area contributed by atoms with Crippen molar-refractivity contribution in [2.45, 2.75) is 42.9 Å². The number of alkyl halides is 3. The van der Waals surface area contributed by atoms with Crippen molar-refractivity contribution in [3.05, 3.63) is 105 Å². The van der Waals surface area contributed by atoms with Gasteiger partial charge in [0, 0.05) is 11.3 Å². The van der Waals surface area contributed by atoms with Crippen LogP contribution in [-0.2, 0) is 47.6 Å². The van der Waals surface area contributed by atoms with E-state index < -0.39 is 45.8 Å². The quantitative estimate of drug-likeness (QED) is 0.0659. The third-order valence-corrected chi connectivity index (χ3v) is 7.60. The second kappa shape index (κ2) is 15.2. The number of benzene rings is 3. The first kappa shape index (κ1) is 33.9. The van der Waals surface area contributed by atoms with Crippen molar-refractivity contribution in [1.29, 1.82) is 0 Å². The van der Waals surface area contributed by atoms with Crippen LogP contribution in [0, 0.1) is 6.92 Å². The molecule has 2 unspecified atom stereocenters. The first-order chi connectivity index (χ1) is 20.8. The molecule has 0 radical (unpaired) electrons. The van der Waals surface area contributed by atoms with E-state index in [0.29, 0.717) is 16.9 Å². The summed E-state index contributed by atoms with van der Waals surface area (Å²) in [4.78, 5) is 28.0. The number of hydrogen-bond donors (Lipinski definition) is 1. The number of halogens is 3. The van der Waals surface area contributed by atoms with E-state index in [2.05, 4.69) is 15.3 Å². The van der Waals surface area contributed by atoms with Gasteiger partial charge in [0.05, 0.1) is 17.6 Å². The number of rotatable bonds is 14. The van der Waals surface area contributed by atoms with E-state index in [0.717, 1.165) is 24.8 Å². The molecule has 15 heteroatoms. The molecule has 1 N–H and O–H groups in total. The number of esters is 1. The topological polar surface area (TPSA) is 157 Å². The predicted molar refractivity (Wildman–Crippen MR) is 152 cm³/mol. The van der Waals surface area contributed by atoms with Gasteiger partial charge in [-0.15, -0.1) is 0 Å². The van der Waals surface area contributed by atoms with E-state index in [1.54, 1.807) is 36.4 Å². The summed E-state index contributed by atoms with van der Waals surface area (Å²) in [7, 11) is -2.84. The van der Waals surface area contributed by atoms with Gasteiger partial charge >= 0.3 is 12.1 Å². The highest BCUT2D eigenvalue weighted by Gasteiger charge is 2.31. The first-order valence-electron chi connectivity index (χ1n) is 13.1. The molecular weight excluding hydrogens is 605 g/mol. The average Bonchev–Trinajstić information content (AvgIpc) is 2.99. The lowest BCUT2D eigenvalue weighted by Gasteiger charge is -2.19. The lowest BCUT2D eigenvalue weighted by Crippen LogP contribution is -2.47. The molecule has 2 atom stereocenters. The second-order valence-electron chi connectivity index (χ2n) is 9.49. The lowest BCUT2D eigenvalue weighted by molar-refractivity contribution is -0.145. The standard InChI is InChI=1S/C29H29F3N4O7S/c1-19-3-13-24(14-4-19)44(39,40)43-16-15-42-23-11-7-21(8-12-23)17-25(35-36-33)27(37)34-26(28(38)41-2)18-20-5-9-22(10-6-20)29(30,31)32/h3-14,25-26H,15-18H2,1-2H3,(H,34,37). The summed E-state index contributed by atoms with van der Waals surface area (Å²) in [6, 6.07) is 14.1. The summed E-state index contributed by atoms with van der Waals surface area (Å²) < 4.78 is 78.4. The second-order valence-corrected chi connectivity index (χ2v) is 11.1. The summed E-state index contributed by atoms with van der Waals surface area (Å²) in [5.41, 5.74) is 9.96. The third kappa shape index (κ3) is 10.0. The molecule has 0 aromatic heterocycles. The number of methoxy groups -OCH3 is 1. The number of nitrogens with zero attached hydrogens (tertiary/aromatic N) is 3. The van der Waals surface area contributed by atoms with Gasteiger partial charge in [0.25, 0.3) is 10.1 Å². The zero-order valence-corrected chi connectivity index (χ0v) is 24.5. The molecule has 11 nitrogen and oxygen atoms in total.